The highest BCUT2D eigenvalue weighted by Gasteiger charge is 2.16. The van der Waals surface area contributed by atoms with Gasteiger partial charge in [-0.25, -0.2) is 9.37 Å². The van der Waals surface area contributed by atoms with Crippen molar-refractivity contribution < 1.29 is 8.81 Å². The number of furan rings is 1. The van der Waals surface area contributed by atoms with Crippen LogP contribution in [0.3, 0.4) is 0 Å². The van der Waals surface area contributed by atoms with Crippen LogP contribution in [-0.2, 0) is 0 Å². The number of benzene rings is 2. The maximum Gasteiger partial charge on any atom is 0.173 e. The molecule has 0 bridgehead atoms. The van der Waals surface area contributed by atoms with E-state index in [0.29, 0.717) is 37.6 Å². The second-order valence-electron chi connectivity index (χ2n) is 4.48. The Kier molecular flexibility index (Phi) is 2.43. The minimum Gasteiger partial charge on any atom is -0.451 e. The van der Waals surface area contributed by atoms with Crippen LogP contribution in [0.5, 0.6) is 0 Å². The quantitative estimate of drug-likeness (QED) is 0.424. The molecule has 2 aromatic heterocycles. The van der Waals surface area contributed by atoms with Gasteiger partial charge in [-0.3, -0.25) is 0 Å². The van der Waals surface area contributed by atoms with Gasteiger partial charge in [0.2, 0.25) is 0 Å². The molecular weight excluding hydrogens is 300 g/mol. The van der Waals surface area contributed by atoms with Crippen LogP contribution in [0.15, 0.2) is 40.8 Å². The Labute approximate surface area is 122 Å². The molecule has 2 heterocycles. The summed E-state index contributed by atoms with van der Waals surface area (Å²) >= 11 is 12.5. The van der Waals surface area contributed by atoms with Gasteiger partial charge in [0.1, 0.15) is 11.3 Å². The van der Waals surface area contributed by atoms with Gasteiger partial charge >= 0.3 is 0 Å². The Morgan fingerprint density at radius 2 is 1.85 bits per heavy atom. The summed E-state index contributed by atoms with van der Waals surface area (Å²) in [6, 6.07) is 9.68. The van der Waals surface area contributed by atoms with Crippen molar-refractivity contribution in [2.45, 2.75) is 0 Å². The van der Waals surface area contributed by atoms with Crippen molar-refractivity contribution in [3.63, 3.8) is 0 Å². The minimum absolute atomic E-state index is 0.355. The molecule has 0 fully saturated rings. The Bertz CT molecular complexity index is 994. The summed E-state index contributed by atoms with van der Waals surface area (Å²) in [5.74, 6) is -0.355. The van der Waals surface area contributed by atoms with E-state index in [4.69, 9.17) is 27.6 Å². The molecule has 0 aliphatic carbocycles. The molecule has 0 saturated heterocycles. The SMILES string of the molecule is Fc1ccc2c(Cl)c3oc4c(Cl)cccc4c3nc2c1. The molecule has 4 rings (SSSR count). The maximum atomic E-state index is 13.3. The van der Waals surface area contributed by atoms with Gasteiger partial charge in [-0.15, -0.1) is 0 Å². The largest absolute Gasteiger partial charge is 0.451 e. The van der Waals surface area contributed by atoms with Crippen molar-refractivity contribution >= 4 is 56.2 Å². The molecule has 0 aliphatic rings. The molecule has 0 radical (unpaired) electrons. The van der Waals surface area contributed by atoms with Crippen LogP contribution in [0.2, 0.25) is 10.0 Å². The summed E-state index contributed by atoms with van der Waals surface area (Å²) in [4.78, 5) is 4.45. The summed E-state index contributed by atoms with van der Waals surface area (Å²) in [5.41, 5.74) is 2.08. The predicted molar refractivity (Wildman–Crippen MR) is 79.0 cm³/mol. The van der Waals surface area contributed by atoms with E-state index >= 15 is 0 Å². The summed E-state index contributed by atoms with van der Waals surface area (Å²) in [6.07, 6.45) is 0. The van der Waals surface area contributed by atoms with Crippen molar-refractivity contribution in [2.75, 3.05) is 0 Å². The zero-order valence-corrected chi connectivity index (χ0v) is 11.5. The van der Waals surface area contributed by atoms with E-state index in [2.05, 4.69) is 4.98 Å². The lowest BCUT2D eigenvalue weighted by Gasteiger charge is -2.00. The van der Waals surface area contributed by atoms with Gasteiger partial charge in [-0.2, -0.15) is 0 Å². The van der Waals surface area contributed by atoms with E-state index in [1.165, 1.54) is 12.1 Å². The smallest absolute Gasteiger partial charge is 0.173 e. The number of pyridine rings is 1. The average molecular weight is 306 g/mol. The highest BCUT2D eigenvalue weighted by atomic mass is 35.5. The van der Waals surface area contributed by atoms with Gasteiger partial charge in [0.05, 0.1) is 15.6 Å². The van der Waals surface area contributed by atoms with E-state index in [1.807, 2.05) is 12.1 Å². The lowest BCUT2D eigenvalue weighted by atomic mass is 10.1. The van der Waals surface area contributed by atoms with Crippen LogP contribution in [0, 0.1) is 5.82 Å². The number of rotatable bonds is 0. The average Bonchev–Trinajstić information content (AvgIpc) is 2.79. The fraction of sp³-hybridized carbons (Fsp3) is 0. The van der Waals surface area contributed by atoms with Crippen molar-refractivity contribution in [1.82, 2.24) is 4.98 Å². The van der Waals surface area contributed by atoms with Gasteiger partial charge in [-0.05, 0) is 24.3 Å². The van der Waals surface area contributed by atoms with Crippen LogP contribution in [0.25, 0.3) is 33.0 Å². The van der Waals surface area contributed by atoms with Crippen LogP contribution in [0.4, 0.5) is 4.39 Å². The fourth-order valence-corrected chi connectivity index (χ4v) is 2.86. The Morgan fingerprint density at radius 1 is 1.00 bits per heavy atom. The van der Waals surface area contributed by atoms with Gasteiger partial charge in [0, 0.05) is 16.8 Å². The van der Waals surface area contributed by atoms with Gasteiger partial charge in [-0.1, -0.05) is 29.3 Å². The standard InChI is InChI=1S/C15H6Cl2FNO/c16-10-3-1-2-9-13-15(20-14(9)10)12(17)8-5-4-7(18)6-11(8)19-13/h1-6H. The third-order valence-corrected chi connectivity index (χ3v) is 3.94. The Hall–Kier alpha value is -1.84. The van der Waals surface area contributed by atoms with Crippen LogP contribution >= 0.6 is 23.2 Å². The highest BCUT2D eigenvalue weighted by molar-refractivity contribution is 6.41. The number of fused-ring (bicyclic) bond motifs is 4. The van der Waals surface area contributed by atoms with Crippen LogP contribution in [0.1, 0.15) is 0 Å². The first-order valence-corrected chi connectivity index (χ1v) is 6.66. The summed E-state index contributed by atoms with van der Waals surface area (Å²) < 4.78 is 19.1. The first-order chi connectivity index (χ1) is 9.65. The van der Waals surface area contributed by atoms with Crippen molar-refractivity contribution in [2.24, 2.45) is 0 Å². The number of hydrogen-bond donors (Lipinski definition) is 0. The molecule has 4 aromatic rings. The number of para-hydroxylation sites is 1. The van der Waals surface area contributed by atoms with E-state index in [9.17, 15) is 4.39 Å². The summed E-state index contributed by atoms with van der Waals surface area (Å²) in [7, 11) is 0. The lowest BCUT2D eigenvalue weighted by molar-refractivity contribution is 0.629. The first-order valence-electron chi connectivity index (χ1n) is 5.90. The van der Waals surface area contributed by atoms with E-state index in [1.54, 1.807) is 12.1 Å². The molecule has 0 aliphatic heterocycles. The summed E-state index contributed by atoms with van der Waals surface area (Å²) in [6.45, 7) is 0. The van der Waals surface area contributed by atoms with Gasteiger partial charge in [0.25, 0.3) is 0 Å². The Morgan fingerprint density at radius 3 is 2.70 bits per heavy atom. The molecule has 0 spiro atoms. The number of nitrogens with zero attached hydrogens (tertiary/aromatic N) is 1. The van der Waals surface area contributed by atoms with Gasteiger partial charge in [0.15, 0.2) is 11.2 Å². The van der Waals surface area contributed by atoms with Gasteiger partial charge < -0.3 is 4.42 Å². The first kappa shape index (κ1) is 11.9. The molecule has 0 atom stereocenters. The molecule has 5 heteroatoms. The molecule has 2 aromatic carbocycles. The van der Waals surface area contributed by atoms with Crippen molar-refractivity contribution in [3.8, 4) is 0 Å². The molecule has 0 saturated carbocycles. The molecule has 20 heavy (non-hydrogen) atoms. The van der Waals surface area contributed by atoms with E-state index < -0.39 is 0 Å². The van der Waals surface area contributed by atoms with Crippen molar-refractivity contribution in [3.05, 3.63) is 52.3 Å². The monoisotopic (exact) mass is 305 g/mol. The fourth-order valence-electron chi connectivity index (χ4n) is 2.36. The zero-order valence-electron chi connectivity index (χ0n) is 9.95. The highest BCUT2D eigenvalue weighted by Crippen LogP contribution is 2.38. The minimum atomic E-state index is -0.355. The lowest BCUT2D eigenvalue weighted by Crippen LogP contribution is -1.83. The van der Waals surface area contributed by atoms with E-state index in [0.717, 1.165) is 5.39 Å². The third kappa shape index (κ3) is 1.54. The topological polar surface area (TPSA) is 26.0 Å². The van der Waals surface area contributed by atoms with Crippen molar-refractivity contribution in [1.29, 1.82) is 0 Å². The van der Waals surface area contributed by atoms with E-state index in [-0.39, 0.29) is 5.82 Å². The Balaban J connectivity index is 2.29. The molecule has 0 amide bonds. The summed E-state index contributed by atoms with van der Waals surface area (Å²) in [5, 5.41) is 2.32. The second-order valence-corrected chi connectivity index (χ2v) is 5.27. The van der Waals surface area contributed by atoms with Crippen LogP contribution < -0.4 is 0 Å². The molecule has 2 nitrogen and oxygen atoms in total. The number of aromatic nitrogens is 1. The second kappa shape index (κ2) is 4.08. The predicted octanol–water partition coefficient (Wildman–Crippen LogP) is 5.58. The molecular formula is C15H6Cl2FNO. The zero-order chi connectivity index (χ0) is 13.9. The number of hydrogen-bond acceptors (Lipinski definition) is 2. The normalized spacial score (nSPS) is 11.8. The molecule has 98 valence electrons. The third-order valence-electron chi connectivity index (χ3n) is 3.27. The molecule has 0 N–H and O–H groups in total. The van der Waals surface area contributed by atoms with Crippen LogP contribution in [-0.4, -0.2) is 4.98 Å². The number of halogens is 3. The molecule has 0 unspecified atom stereocenters. The maximum absolute atomic E-state index is 13.3.